The normalized spacial score (nSPS) is 15.3. The molecule has 0 aliphatic carbocycles. The lowest BCUT2D eigenvalue weighted by atomic mass is 9.83. The van der Waals surface area contributed by atoms with Crippen LogP contribution in [0, 0.1) is 34.0 Å². The molecule has 0 fully saturated rings. The zero-order valence-corrected chi connectivity index (χ0v) is 12.8. The maximum absolute atomic E-state index is 9.39. The molecule has 2 N–H and O–H groups in total. The highest BCUT2D eigenvalue weighted by atomic mass is 16.5. The lowest BCUT2D eigenvalue weighted by Gasteiger charge is -2.26. The van der Waals surface area contributed by atoms with E-state index in [-0.39, 0.29) is 22.9 Å². The summed E-state index contributed by atoms with van der Waals surface area (Å²) in [6, 6.07) is 11.0. The van der Waals surface area contributed by atoms with Crippen molar-refractivity contribution in [2.75, 3.05) is 7.11 Å². The van der Waals surface area contributed by atoms with Gasteiger partial charge in [0.2, 0.25) is 5.88 Å². The molecule has 0 amide bonds. The third kappa shape index (κ3) is 2.95. The first-order valence-corrected chi connectivity index (χ1v) is 6.81. The van der Waals surface area contributed by atoms with Crippen LogP contribution in [0.25, 0.3) is 0 Å². The molecular weight excluding hydrogens is 292 g/mol. The van der Waals surface area contributed by atoms with E-state index < -0.39 is 0 Å². The van der Waals surface area contributed by atoms with E-state index >= 15 is 0 Å². The maximum atomic E-state index is 9.39. The van der Waals surface area contributed by atoms with Crippen LogP contribution in [0.4, 0.5) is 0 Å². The minimum atomic E-state index is -0.369. The lowest BCUT2D eigenvalue weighted by molar-refractivity contribution is 0.376. The molecule has 114 valence electrons. The van der Waals surface area contributed by atoms with Crippen LogP contribution in [0.1, 0.15) is 24.8 Å². The van der Waals surface area contributed by atoms with Crippen molar-refractivity contribution in [1.82, 2.24) is 0 Å². The molecule has 6 heteroatoms. The Morgan fingerprint density at radius 3 is 2.57 bits per heavy atom. The van der Waals surface area contributed by atoms with E-state index in [0.29, 0.717) is 23.5 Å². The number of nitriles is 3. The molecule has 1 unspecified atom stereocenters. The topological polar surface area (TPSA) is 116 Å². The van der Waals surface area contributed by atoms with E-state index in [1.165, 1.54) is 0 Å². The molecule has 1 atom stereocenters. The summed E-state index contributed by atoms with van der Waals surface area (Å²) in [6.07, 6.45) is 0.336. The van der Waals surface area contributed by atoms with Gasteiger partial charge in [-0.25, -0.2) is 0 Å². The highest BCUT2D eigenvalue weighted by Gasteiger charge is 2.30. The van der Waals surface area contributed by atoms with Gasteiger partial charge in [-0.15, -0.1) is 0 Å². The standard InChI is InChI=1S/C17H14N4O2/c1-10(11(7-18)8-19)5-14-13-4-3-12(22-2)6-16(13)23-17(21)15(14)9-20/h3-4,6,14H,5,21H2,1-2H3. The Labute approximate surface area is 134 Å². The molecule has 0 aromatic heterocycles. The first kappa shape index (κ1) is 15.9. The number of hydrogen-bond donors (Lipinski definition) is 1. The van der Waals surface area contributed by atoms with E-state index in [1.54, 1.807) is 32.2 Å². The van der Waals surface area contributed by atoms with E-state index in [9.17, 15) is 5.26 Å². The van der Waals surface area contributed by atoms with Gasteiger partial charge in [-0.05, 0) is 25.0 Å². The van der Waals surface area contributed by atoms with Crippen LogP contribution in [0.3, 0.4) is 0 Å². The van der Waals surface area contributed by atoms with E-state index in [4.69, 9.17) is 25.7 Å². The smallest absolute Gasteiger partial charge is 0.205 e. The Morgan fingerprint density at radius 1 is 1.30 bits per heavy atom. The average molecular weight is 306 g/mol. The van der Waals surface area contributed by atoms with Gasteiger partial charge in [-0.1, -0.05) is 6.07 Å². The van der Waals surface area contributed by atoms with Gasteiger partial charge in [0.05, 0.1) is 12.7 Å². The molecule has 2 rings (SSSR count). The van der Waals surface area contributed by atoms with Gasteiger partial charge in [-0.3, -0.25) is 0 Å². The van der Waals surface area contributed by atoms with Crippen molar-refractivity contribution in [1.29, 1.82) is 15.8 Å². The largest absolute Gasteiger partial charge is 0.497 e. The molecule has 1 aliphatic heterocycles. The Bertz CT molecular complexity index is 816. The molecular formula is C17H14N4O2. The second kappa shape index (κ2) is 6.56. The molecule has 1 aromatic carbocycles. The van der Waals surface area contributed by atoms with Crippen LogP contribution >= 0.6 is 0 Å². The van der Waals surface area contributed by atoms with Crippen LogP contribution in [-0.4, -0.2) is 7.11 Å². The van der Waals surface area contributed by atoms with Crippen LogP contribution in [-0.2, 0) is 0 Å². The Balaban J connectivity index is 2.54. The minimum absolute atomic E-state index is 0.0292. The summed E-state index contributed by atoms with van der Waals surface area (Å²) < 4.78 is 10.7. The van der Waals surface area contributed by atoms with Crippen molar-refractivity contribution < 1.29 is 9.47 Å². The van der Waals surface area contributed by atoms with Crippen LogP contribution in [0.5, 0.6) is 11.5 Å². The fourth-order valence-electron chi connectivity index (χ4n) is 2.49. The molecule has 23 heavy (non-hydrogen) atoms. The minimum Gasteiger partial charge on any atom is -0.497 e. The first-order valence-electron chi connectivity index (χ1n) is 6.81. The van der Waals surface area contributed by atoms with Crippen LogP contribution in [0.15, 0.2) is 40.8 Å². The highest BCUT2D eigenvalue weighted by molar-refractivity contribution is 5.53. The molecule has 0 bridgehead atoms. The van der Waals surface area contributed by atoms with E-state index in [2.05, 4.69) is 6.07 Å². The quantitative estimate of drug-likeness (QED) is 0.858. The SMILES string of the molecule is COc1ccc2c(c1)OC(N)=C(C#N)C2CC(C)=C(C#N)C#N. The van der Waals surface area contributed by atoms with Crippen molar-refractivity contribution in [2.45, 2.75) is 19.3 Å². The van der Waals surface area contributed by atoms with E-state index in [0.717, 1.165) is 5.56 Å². The number of nitrogens with zero attached hydrogens (tertiary/aromatic N) is 3. The van der Waals surface area contributed by atoms with Gasteiger partial charge in [0, 0.05) is 17.5 Å². The molecule has 1 aromatic rings. The van der Waals surface area contributed by atoms with Gasteiger partial charge in [0.1, 0.15) is 35.3 Å². The van der Waals surface area contributed by atoms with Crippen molar-refractivity contribution >= 4 is 0 Å². The van der Waals surface area contributed by atoms with Gasteiger partial charge in [-0.2, -0.15) is 15.8 Å². The summed E-state index contributed by atoms with van der Waals surface area (Å²) in [6.45, 7) is 1.70. The monoisotopic (exact) mass is 306 g/mol. The van der Waals surface area contributed by atoms with Gasteiger partial charge >= 0.3 is 0 Å². The number of nitrogens with two attached hydrogens (primary N) is 1. The maximum Gasteiger partial charge on any atom is 0.205 e. The van der Waals surface area contributed by atoms with Crippen molar-refractivity contribution in [3.8, 4) is 29.7 Å². The van der Waals surface area contributed by atoms with Gasteiger partial charge < -0.3 is 15.2 Å². The summed E-state index contributed by atoms with van der Waals surface area (Å²) in [4.78, 5) is 0. The van der Waals surface area contributed by atoms with Crippen molar-refractivity contribution in [2.24, 2.45) is 5.73 Å². The summed E-state index contributed by atoms with van der Waals surface area (Å²) in [5.74, 6) is 0.778. The Hall–Kier alpha value is -3.43. The summed E-state index contributed by atoms with van der Waals surface area (Å²) >= 11 is 0. The van der Waals surface area contributed by atoms with Crippen LogP contribution in [0.2, 0.25) is 0 Å². The number of fused-ring (bicyclic) bond motifs is 1. The summed E-state index contributed by atoms with van der Waals surface area (Å²) in [5.41, 5.74) is 7.55. The number of rotatable bonds is 3. The Kier molecular flexibility index (Phi) is 4.55. The predicted molar refractivity (Wildman–Crippen MR) is 81.7 cm³/mol. The number of methoxy groups -OCH3 is 1. The lowest BCUT2D eigenvalue weighted by Crippen LogP contribution is -2.20. The molecule has 1 aliphatic rings. The third-order valence-electron chi connectivity index (χ3n) is 3.71. The number of hydrogen-bond acceptors (Lipinski definition) is 6. The first-order chi connectivity index (χ1) is 11.0. The third-order valence-corrected chi connectivity index (χ3v) is 3.71. The van der Waals surface area contributed by atoms with Gasteiger partial charge in [0.25, 0.3) is 0 Å². The fraction of sp³-hybridized carbons (Fsp3) is 0.235. The Morgan fingerprint density at radius 2 is 2.00 bits per heavy atom. The van der Waals surface area contributed by atoms with Crippen LogP contribution < -0.4 is 15.2 Å². The fourth-order valence-corrected chi connectivity index (χ4v) is 2.49. The summed E-state index contributed by atoms with van der Waals surface area (Å²) in [7, 11) is 1.54. The number of benzene rings is 1. The molecule has 6 nitrogen and oxygen atoms in total. The molecule has 0 spiro atoms. The summed E-state index contributed by atoms with van der Waals surface area (Å²) in [5, 5.41) is 27.4. The highest BCUT2D eigenvalue weighted by Crippen LogP contribution is 2.42. The molecule has 0 saturated heterocycles. The zero-order valence-electron chi connectivity index (χ0n) is 12.8. The number of ether oxygens (including phenoxy) is 2. The molecule has 1 heterocycles. The second-order valence-corrected chi connectivity index (χ2v) is 5.03. The molecule has 0 radical (unpaired) electrons. The van der Waals surface area contributed by atoms with Crippen molar-refractivity contribution in [3.05, 3.63) is 46.4 Å². The average Bonchev–Trinajstić information content (AvgIpc) is 2.55. The van der Waals surface area contributed by atoms with E-state index in [1.807, 2.05) is 12.1 Å². The zero-order chi connectivity index (χ0) is 17.0. The predicted octanol–water partition coefficient (Wildman–Crippen LogP) is 2.62. The van der Waals surface area contributed by atoms with Gasteiger partial charge in [0.15, 0.2) is 0 Å². The second-order valence-electron chi connectivity index (χ2n) is 5.03. The number of allylic oxidation sites excluding steroid dienone is 3. The van der Waals surface area contributed by atoms with Crippen molar-refractivity contribution in [3.63, 3.8) is 0 Å². The molecule has 0 saturated carbocycles.